The summed E-state index contributed by atoms with van der Waals surface area (Å²) in [6.45, 7) is 0. The molecule has 0 saturated heterocycles. The van der Waals surface area contributed by atoms with Crippen molar-refractivity contribution in [1.29, 1.82) is 0 Å². The maximum absolute atomic E-state index is 14.2. The third kappa shape index (κ3) is 4.26. The van der Waals surface area contributed by atoms with E-state index in [9.17, 15) is 17.2 Å². The highest BCUT2D eigenvalue weighted by molar-refractivity contribution is 7.92. The first-order valence-corrected chi connectivity index (χ1v) is 11.6. The molecule has 9 nitrogen and oxygen atoms in total. The summed E-state index contributed by atoms with van der Waals surface area (Å²) in [5.41, 5.74) is 3.42. The van der Waals surface area contributed by atoms with Crippen LogP contribution >= 0.6 is 0 Å². The van der Waals surface area contributed by atoms with E-state index < -0.39 is 26.6 Å². The van der Waals surface area contributed by atoms with Gasteiger partial charge in [0.05, 0.1) is 19.5 Å². The molecule has 4 heterocycles. The van der Waals surface area contributed by atoms with E-state index in [4.69, 9.17) is 4.74 Å². The van der Waals surface area contributed by atoms with Gasteiger partial charge in [0.15, 0.2) is 0 Å². The number of hydrogen-bond acceptors (Lipinski definition) is 7. The molecule has 0 aliphatic heterocycles. The van der Waals surface area contributed by atoms with Gasteiger partial charge in [0.25, 0.3) is 10.0 Å². The summed E-state index contributed by atoms with van der Waals surface area (Å²) < 4.78 is 60.6. The van der Waals surface area contributed by atoms with E-state index in [1.807, 2.05) is 6.07 Å². The molecule has 0 atom stereocenters. The van der Waals surface area contributed by atoms with Crippen LogP contribution in [-0.2, 0) is 10.0 Å². The number of rotatable bonds is 6. The van der Waals surface area contributed by atoms with Gasteiger partial charge >= 0.3 is 0 Å². The number of fused-ring (bicyclic) bond motifs is 1. The number of H-pyrrole nitrogens is 1. The number of ether oxygens (including phenoxy) is 1. The van der Waals surface area contributed by atoms with Crippen molar-refractivity contribution in [3.63, 3.8) is 0 Å². The van der Waals surface area contributed by atoms with E-state index in [0.717, 1.165) is 28.8 Å². The summed E-state index contributed by atoms with van der Waals surface area (Å²) in [6.07, 6.45) is 6.31. The molecule has 0 unspecified atom stereocenters. The van der Waals surface area contributed by atoms with Gasteiger partial charge in [-0.1, -0.05) is 0 Å². The number of pyridine rings is 2. The smallest absolute Gasteiger partial charge is 0.264 e. The number of methoxy groups -OCH3 is 1. The molecule has 176 valence electrons. The Morgan fingerprint density at radius 2 is 1.80 bits per heavy atom. The molecule has 0 spiro atoms. The van der Waals surface area contributed by atoms with Gasteiger partial charge in [-0.05, 0) is 42.0 Å². The number of sulfonamides is 1. The molecule has 1 aromatic carbocycles. The van der Waals surface area contributed by atoms with Gasteiger partial charge in [-0.15, -0.1) is 0 Å². The van der Waals surface area contributed by atoms with Gasteiger partial charge < -0.3 is 9.72 Å². The van der Waals surface area contributed by atoms with E-state index >= 15 is 0 Å². The van der Waals surface area contributed by atoms with E-state index in [1.54, 1.807) is 30.7 Å². The highest BCUT2D eigenvalue weighted by Crippen LogP contribution is 2.35. The van der Waals surface area contributed by atoms with Gasteiger partial charge in [0.2, 0.25) is 5.88 Å². The minimum absolute atomic E-state index is 0.0206. The number of anilines is 1. The van der Waals surface area contributed by atoms with Crippen LogP contribution < -0.4 is 9.46 Å². The predicted molar refractivity (Wildman–Crippen MR) is 124 cm³/mol. The molecule has 5 rings (SSSR count). The molecule has 2 N–H and O–H groups in total. The normalized spacial score (nSPS) is 11.5. The first kappa shape index (κ1) is 22.3. The molecule has 0 fully saturated rings. The number of nitrogens with one attached hydrogen (secondary N) is 2. The van der Waals surface area contributed by atoms with Crippen molar-refractivity contribution in [1.82, 2.24) is 25.1 Å². The van der Waals surface area contributed by atoms with Gasteiger partial charge in [-0.2, -0.15) is 10.2 Å². The Morgan fingerprint density at radius 3 is 2.54 bits per heavy atom. The molecule has 35 heavy (non-hydrogen) atoms. The summed E-state index contributed by atoms with van der Waals surface area (Å²) in [7, 11) is -3.09. The number of aromatic nitrogens is 5. The van der Waals surface area contributed by atoms with Crippen LogP contribution in [0.1, 0.15) is 0 Å². The molecule has 0 bridgehead atoms. The topological polar surface area (TPSA) is 123 Å². The lowest BCUT2D eigenvalue weighted by molar-refractivity contribution is 0.400. The number of nitrogens with zero attached hydrogens (tertiary/aromatic N) is 4. The lowest BCUT2D eigenvalue weighted by Crippen LogP contribution is -2.15. The Morgan fingerprint density at radius 1 is 0.943 bits per heavy atom. The van der Waals surface area contributed by atoms with Crippen LogP contribution in [0.15, 0.2) is 72.1 Å². The number of hydrogen-bond donors (Lipinski definition) is 2. The average molecular weight is 494 g/mol. The lowest BCUT2D eigenvalue weighted by atomic mass is 10.0. The van der Waals surface area contributed by atoms with Gasteiger partial charge in [-0.25, -0.2) is 27.2 Å². The molecule has 0 amide bonds. The first-order valence-electron chi connectivity index (χ1n) is 10.1. The monoisotopic (exact) mass is 494 g/mol. The van der Waals surface area contributed by atoms with Gasteiger partial charge in [0.1, 0.15) is 27.9 Å². The maximum atomic E-state index is 14.2. The fraction of sp³-hybridized carbons (Fsp3) is 0.0435. The van der Waals surface area contributed by atoms with Crippen LogP contribution in [0.3, 0.4) is 0 Å². The molecular formula is C23H16F2N6O3S. The van der Waals surface area contributed by atoms with E-state index in [-0.39, 0.29) is 11.6 Å². The van der Waals surface area contributed by atoms with Crippen molar-refractivity contribution in [3.8, 4) is 28.3 Å². The summed E-state index contributed by atoms with van der Waals surface area (Å²) in [6, 6.07) is 9.16. The standard InChI is InChI=1S/C23H16F2N6O3S/c1-34-23-20(31-35(32,33)21-3-2-15(24)9-18(21)25)8-14(11-27-23)16-5-6-26-22-17(16)10-19(30-22)13-4-7-28-29-12-13/h2-12,31H,1H3,(H,26,30). The van der Waals surface area contributed by atoms with E-state index in [0.29, 0.717) is 22.8 Å². The minimum Gasteiger partial charge on any atom is -0.480 e. The Labute approximate surface area is 197 Å². The van der Waals surface area contributed by atoms with E-state index in [1.165, 1.54) is 19.4 Å². The third-order valence-corrected chi connectivity index (χ3v) is 6.61. The number of benzene rings is 1. The summed E-state index contributed by atoms with van der Waals surface area (Å²) >= 11 is 0. The van der Waals surface area contributed by atoms with Crippen molar-refractivity contribution in [3.05, 3.63) is 78.9 Å². The Balaban J connectivity index is 1.58. The third-order valence-electron chi connectivity index (χ3n) is 5.21. The Kier molecular flexibility index (Phi) is 5.57. The zero-order valence-electron chi connectivity index (χ0n) is 18.0. The lowest BCUT2D eigenvalue weighted by Gasteiger charge is -2.13. The van der Waals surface area contributed by atoms with Crippen LogP contribution in [0, 0.1) is 11.6 Å². The van der Waals surface area contributed by atoms with E-state index in [2.05, 4.69) is 29.9 Å². The number of halogens is 2. The van der Waals surface area contributed by atoms with Crippen molar-refractivity contribution >= 4 is 26.7 Å². The highest BCUT2D eigenvalue weighted by atomic mass is 32.2. The second-order valence-electron chi connectivity index (χ2n) is 7.40. The molecular weight excluding hydrogens is 478 g/mol. The molecule has 0 saturated carbocycles. The van der Waals surface area contributed by atoms with Crippen LogP contribution in [0.4, 0.5) is 14.5 Å². The second kappa shape index (κ2) is 8.72. The van der Waals surface area contributed by atoms with Crippen molar-refractivity contribution < 1.29 is 21.9 Å². The Bertz CT molecular complexity index is 1660. The second-order valence-corrected chi connectivity index (χ2v) is 9.05. The quantitative estimate of drug-likeness (QED) is 0.363. The molecule has 0 aliphatic carbocycles. The minimum atomic E-state index is -4.41. The summed E-state index contributed by atoms with van der Waals surface area (Å²) in [4.78, 5) is 11.1. The largest absolute Gasteiger partial charge is 0.480 e. The van der Waals surface area contributed by atoms with Crippen LogP contribution in [0.5, 0.6) is 5.88 Å². The zero-order valence-corrected chi connectivity index (χ0v) is 18.8. The van der Waals surface area contributed by atoms with Crippen LogP contribution in [0.2, 0.25) is 0 Å². The molecule has 5 aromatic rings. The fourth-order valence-corrected chi connectivity index (χ4v) is 4.72. The van der Waals surface area contributed by atoms with Crippen LogP contribution in [-0.4, -0.2) is 40.7 Å². The Hall–Kier alpha value is -4.45. The zero-order chi connectivity index (χ0) is 24.6. The molecule has 4 aromatic heterocycles. The van der Waals surface area contributed by atoms with Gasteiger partial charge in [-0.3, -0.25) is 4.72 Å². The summed E-state index contributed by atoms with van der Waals surface area (Å²) in [5.74, 6) is -2.14. The first-order chi connectivity index (χ1) is 16.9. The van der Waals surface area contributed by atoms with Crippen molar-refractivity contribution in [2.24, 2.45) is 0 Å². The summed E-state index contributed by atoms with van der Waals surface area (Å²) in [5, 5.41) is 8.42. The average Bonchev–Trinajstić information content (AvgIpc) is 3.29. The SMILES string of the molecule is COc1ncc(-c2ccnc3[nH]c(-c4ccnnc4)cc23)cc1NS(=O)(=O)c1ccc(F)cc1F. The van der Waals surface area contributed by atoms with Crippen molar-refractivity contribution in [2.75, 3.05) is 11.8 Å². The fourth-order valence-electron chi connectivity index (χ4n) is 3.61. The number of aromatic amines is 1. The molecule has 0 aliphatic rings. The maximum Gasteiger partial charge on any atom is 0.264 e. The molecule has 0 radical (unpaired) electrons. The van der Waals surface area contributed by atoms with Gasteiger partial charge in [0, 0.05) is 40.7 Å². The van der Waals surface area contributed by atoms with Crippen LogP contribution in [0.25, 0.3) is 33.4 Å². The highest BCUT2D eigenvalue weighted by Gasteiger charge is 2.22. The van der Waals surface area contributed by atoms with Crippen molar-refractivity contribution in [2.45, 2.75) is 4.90 Å². The molecule has 12 heteroatoms. The predicted octanol–water partition coefficient (Wildman–Crippen LogP) is 4.17.